The molecule has 1 atom stereocenters. The van der Waals surface area contributed by atoms with Crippen LogP contribution in [0, 0.1) is 0 Å². The Hall–Kier alpha value is -2.77. The fraction of sp³-hybridized carbons (Fsp3) is 0.227. The van der Waals surface area contributed by atoms with Gasteiger partial charge in [-0.25, -0.2) is 0 Å². The summed E-state index contributed by atoms with van der Waals surface area (Å²) in [7, 11) is 0. The van der Waals surface area contributed by atoms with Crippen LogP contribution in [0.25, 0.3) is 11.3 Å². The first-order valence-electron chi connectivity index (χ1n) is 9.34. The van der Waals surface area contributed by atoms with E-state index in [2.05, 4.69) is 10.5 Å². The molecule has 0 aliphatic heterocycles. The second-order valence-corrected chi connectivity index (χ2v) is 8.21. The molecule has 156 valence electrons. The Bertz CT molecular complexity index is 1020. The van der Waals surface area contributed by atoms with Gasteiger partial charge in [0, 0.05) is 22.1 Å². The molecule has 1 amide bonds. The summed E-state index contributed by atoms with van der Waals surface area (Å²) in [5.74, 6) is -0.140. The molecule has 30 heavy (non-hydrogen) atoms. The maximum Gasteiger partial charge on any atom is 0.304 e. The molecule has 1 unspecified atom stereocenters. The molecule has 8 heteroatoms. The number of rotatable bonds is 9. The summed E-state index contributed by atoms with van der Waals surface area (Å²) in [6.45, 7) is 1.79. The Balaban J connectivity index is 1.65. The van der Waals surface area contributed by atoms with Gasteiger partial charge in [-0.3, -0.25) is 9.59 Å². The molecule has 3 rings (SSSR count). The Morgan fingerprint density at radius 2 is 1.93 bits per heavy atom. The number of amides is 1. The Kier molecular flexibility index (Phi) is 7.54. The van der Waals surface area contributed by atoms with Crippen LogP contribution in [-0.4, -0.2) is 27.9 Å². The van der Waals surface area contributed by atoms with Gasteiger partial charge in [0.2, 0.25) is 5.91 Å². The topological polar surface area (TPSA) is 92.4 Å². The molecule has 2 N–H and O–H groups in total. The fourth-order valence-corrected chi connectivity index (χ4v) is 4.04. The lowest BCUT2D eigenvalue weighted by Gasteiger charge is -2.13. The Labute approximate surface area is 183 Å². The first-order chi connectivity index (χ1) is 14.5. The van der Waals surface area contributed by atoms with Crippen LogP contribution in [0.4, 0.5) is 5.69 Å². The minimum absolute atomic E-state index is 0.150. The van der Waals surface area contributed by atoms with Crippen LogP contribution >= 0.6 is 23.4 Å². The second-order valence-electron chi connectivity index (χ2n) is 6.70. The normalized spacial score (nSPS) is 11.8. The number of hydrogen-bond acceptors (Lipinski definition) is 5. The average molecular weight is 445 g/mol. The molecular formula is C22H21ClN2O4S. The smallest absolute Gasteiger partial charge is 0.304 e. The van der Waals surface area contributed by atoms with Crippen molar-refractivity contribution in [2.24, 2.45) is 0 Å². The average Bonchev–Trinajstić information content (AvgIpc) is 3.19. The molecule has 2 aromatic carbocycles. The van der Waals surface area contributed by atoms with Crippen molar-refractivity contribution < 1.29 is 19.2 Å². The molecule has 0 aliphatic rings. The van der Waals surface area contributed by atoms with Crippen molar-refractivity contribution in [1.29, 1.82) is 0 Å². The molecule has 0 saturated heterocycles. The molecule has 3 aromatic rings. The lowest BCUT2D eigenvalue weighted by atomic mass is 10.00. The van der Waals surface area contributed by atoms with Gasteiger partial charge in [0.05, 0.1) is 12.3 Å². The molecule has 0 saturated carbocycles. The third kappa shape index (κ3) is 5.64. The van der Waals surface area contributed by atoms with Crippen LogP contribution in [0.15, 0.2) is 59.3 Å². The van der Waals surface area contributed by atoms with Crippen molar-refractivity contribution >= 4 is 40.9 Å². The number of carboxylic acids is 1. The number of aliphatic carboxylic acids is 1. The quantitative estimate of drug-likeness (QED) is 0.426. The summed E-state index contributed by atoms with van der Waals surface area (Å²) >= 11 is 7.78. The number of thioether (sulfide) groups is 1. The highest BCUT2D eigenvalue weighted by Crippen LogP contribution is 2.30. The number of nitrogens with zero attached hydrogens (tertiary/aromatic N) is 1. The van der Waals surface area contributed by atoms with E-state index in [1.807, 2.05) is 42.5 Å². The van der Waals surface area contributed by atoms with Crippen molar-refractivity contribution in [1.82, 2.24) is 5.16 Å². The Morgan fingerprint density at radius 1 is 1.20 bits per heavy atom. The van der Waals surface area contributed by atoms with Crippen LogP contribution in [-0.2, 0) is 15.3 Å². The number of anilines is 1. The van der Waals surface area contributed by atoms with Crippen molar-refractivity contribution in [2.75, 3.05) is 11.1 Å². The van der Waals surface area contributed by atoms with Gasteiger partial charge in [-0.05, 0) is 24.1 Å². The number of aromatic nitrogens is 1. The van der Waals surface area contributed by atoms with E-state index in [1.165, 1.54) is 6.26 Å². The van der Waals surface area contributed by atoms with E-state index >= 15 is 0 Å². The van der Waals surface area contributed by atoms with Gasteiger partial charge in [-0.1, -0.05) is 59.2 Å². The summed E-state index contributed by atoms with van der Waals surface area (Å²) in [5, 5.41) is 16.1. The first-order valence-corrected chi connectivity index (χ1v) is 10.9. The van der Waals surface area contributed by atoms with Gasteiger partial charge in [-0.2, -0.15) is 11.8 Å². The van der Waals surface area contributed by atoms with Crippen LogP contribution in [0.2, 0.25) is 5.02 Å². The van der Waals surface area contributed by atoms with Crippen LogP contribution < -0.4 is 5.32 Å². The number of carbonyl (C=O) groups is 2. The number of benzene rings is 2. The van der Waals surface area contributed by atoms with E-state index in [1.54, 1.807) is 24.8 Å². The molecule has 0 bridgehead atoms. The summed E-state index contributed by atoms with van der Waals surface area (Å²) in [6.07, 6.45) is 1.56. The number of hydrogen-bond donors (Lipinski definition) is 2. The van der Waals surface area contributed by atoms with E-state index in [0.29, 0.717) is 22.2 Å². The monoisotopic (exact) mass is 444 g/mol. The zero-order valence-corrected chi connectivity index (χ0v) is 17.9. The maximum absolute atomic E-state index is 12.7. The van der Waals surface area contributed by atoms with E-state index in [4.69, 9.17) is 21.2 Å². The van der Waals surface area contributed by atoms with Gasteiger partial charge in [-0.15, -0.1) is 0 Å². The predicted octanol–water partition coefficient (Wildman–Crippen LogP) is 5.45. The van der Waals surface area contributed by atoms with E-state index in [-0.39, 0.29) is 12.3 Å². The maximum atomic E-state index is 12.7. The summed E-state index contributed by atoms with van der Waals surface area (Å²) < 4.78 is 5.09. The molecule has 0 spiro atoms. The van der Waals surface area contributed by atoms with Crippen LogP contribution in [0.5, 0.6) is 0 Å². The number of carbonyl (C=O) groups excluding carboxylic acids is 1. The van der Waals surface area contributed by atoms with E-state index < -0.39 is 11.9 Å². The lowest BCUT2D eigenvalue weighted by Crippen LogP contribution is -2.19. The third-order valence-electron chi connectivity index (χ3n) is 4.55. The lowest BCUT2D eigenvalue weighted by molar-refractivity contribution is -0.136. The summed E-state index contributed by atoms with van der Waals surface area (Å²) in [5.41, 5.74) is 3.67. The highest BCUT2D eigenvalue weighted by atomic mass is 35.5. The minimum atomic E-state index is -0.790. The summed E-state index contributed by atoms with van der Waals surface area (Å²) in [4.78, 5) is 23.3. The minimum Gasteiger partial charge on any atom is -0.481 e. The van der Waals surface area contributed by atoms with Gasteiger partial charge in [0.15, 0.2) is 0 Å². The standard InChI is InChI=1S/C22H21ClN2O4S/c1-14(17-4-2-3-5-18(17)23)22(28)24-19-12-29-25-21(19)16-8-6-15(7-9-16)13-30-11-10-20(26)27/h2-9,12,14H,10-11,13H2,1H3,(H,24,28)(H,26,27). The van der Waals surface area contributed by atoms with Crippen molar-refractivity contribution in [2.45, 2.75) is 25.0 Å². The van der Waals surface area contributed by atoms with Crippen molar-refractivity contribution in [3.8, 4) is 11.3 Å². The fourth-order valence-electron chi connectivity index (χ4n) is 2.85. The molecule has 1 heterocycles. The number of nitrogens with one attached hydrogen (secondary N) is 1. The zero-order valence-electron chi connectivity index (χ0n) is 16.3. The van der Waals surface area contributed by atoms with Crippen LogP contribution in [0.3, 0.4) is 0 Å². The second kappa shape index (κ2) is 10.3. The molecule has 0 aliphatic carbocycles. The van der Waals surface area contributed by atoms with Gasteiger partial charge in [0.1, 0.15) is 17.6 Å². The van der Waals surface area contributed by atoms with E-state index in [0.717, 1.165) is 22.4 Å². The molecule has 1 aromatic heterocycles. The van der Waals surface area contributed by atoms with Gasteiger partial charge < -0.3 is 14.9 Å². The summed E-state index contributed by atoms with van der Waals surface area (Å²) in [6, 6.07) is 15.0. The van der Waals surface area contributed by atoms with Gasteiger partial charge in [0.25, 0.3) is 0 Å². The number of carboxylic acid groups (broad SMARTS) is 1. The third-order valence-corrected chi connectivity index (χ3v) is 5.92. The van der Waals surface area contributed by atoms with Gasteiger partial charge >= 0.3 is 5.97 Å². The van der Waals surface area contributed by atoms with E-state index in [9.17, 15) is 9.59 Å². The first kappa shape index (κ1) is 21.9. The highest BCUT2D eigenvalue weighted by Gasteiger charge is 2.20. The Morgan fingerprint density at radius 3 is 2.63 bits per heavy atom. The molecule has 6 nitrogen and oxygen atoms in total. The van der Waals surface area contributed by atoms with Crippen molar-refractivity contribution in [3.63, 3.8) is 0 Å². The van der Waals surface area contributed by atoms with Crippen LogP contribution in [0.1, 0.15) is 30.4 Å². The predicted molar refractivity (Wildman–Crippen MR) is 119 cm³/mol. The molecular weight excluding hydrogens is 424 g/mol. The largest absolute Gasteiger partial charge is 0.481 e. The zero-order chi connectivity index (χ0) is 21.5. The van der Waals surface area contributed by atoms with Crippen molar-refractivity contribution in [3.05, 3.63) is 70.9 Å². The molecule has 0 radical (unpaired) electrons. The SMILES string of the molecule is CC(C(=O)Nc1conc1-c1ccc(CSCCC(=O)O)cc1)c1ccccc1Cl. The number of halogens is 1. The molecule has 0 fully saturated rings. The highest BCUT2D eigenvalue weighted by molar-refractivity contribution is 7.98.